The van der Waals surface area contributed by atoms with Crippen LogP contribution < -0.4 is 10.1 Å². The first-order chi connectivity index (χ1) is 10.0. The van der Waals surface area contributed by atoms with Gasteiger partial charge in [-0.2, -0.15) is 0 Å². The quantitative estimate of drug-likeness (QED) is 0.868. The smallest absolute Gasteiger partial charge is 0.134 e. The third kappa shape index (κ3) is 3.96. The molecule has 0 aliphatic heterocycles. The fourth-order valence-corrected chi connectivity index (χ4v) is 2.28. The highest BCUT2D eigenvalue weighted by atomic mass is 35.5. The number of nitrogens with one attached hydrogen (secondary N) is 1. The van der Waals surface area contributed by atoms with Crippen LogP contribution in [0.25, 0.3) is 11.1 Å². The highest BCUT2D eigenvalue weighted by Crippen LogP contribution is 2.29. The highest BCUT2D eigenvalue weighted by Gasteiger charge is 2.09. The van der Waals surface area contributed by atoms with Gasteiger partial charge in [0.25, 0.3) is 0 Å². The Morgan fingerprint density at radius 1 is 1.19 bits per heavy atom. The molecule has 2 nitrogen and oxygen atoms in total. The van der Waals surface area contributed by atoms with E-state index in [2.05, 4.69) is 19.2 Å². The van der Waals surface area contributed by atoms with Gasteiger partial charge in [0.15, 0.2) is 0 Å². The van der Waals surface area contributed by atoms with E-state index in [1.165, 1.54) is 13.2 Å². The molecule has 0 radical (unpaired) electrons. The van der Waals surface area contributed by atoms with Gasteiger partial charge < -0.3 is 10.1 Å². The molecule has 0 bridgehead atoms. The Balaban J connectivity index is 2.27. The second-order valence-corrected chi connectivity index (χ2v) is 5.59. The fraction of sp³-hybridized carbons (Fsp3) is 0.294. The number of rotatable bonds is 5. The monoisotopic (exact) mass is 307 g/mol. The summed E-state index contributed by atoms with van der Waals surface area (Å²) in [5, 5.41) is 3.95. The Bertz CT molecular complexity index is 628. The number of ether oxygens (including phenoxy) is 1. The first-order valence-electron chi connectivity index (χ1n) is 6.87. The average Bonchev–Trinajstić information content (AvgIpc) is 2.45. The van der Waals surface area contributed by atoms with E-state index >= 15 is 0 Å². The lowest BCUT2D eigenvalue weighted by atomic mass is 10.0. The molecule has 0 fully saturated rings. The van der Waals surface area contributed by atoms with Crippen molar-refractivity contribution < 1.29 is 9.13 Å². The summed E-state index contributed by atoms with van der Waals surface area (Å²) < 4.78 is 19.1. The van der Waals surface area contributed by atoms with Gasteiger partial charge in [0.05, 0.1) is 7.11 Å². The van der Waals surface area contributed by atoms with Crippen molar-refractivity contribution in [2.75, 3.05) is 7.11 Å². The summed E-state index contributed by atoms with van der Waals surface area (Å²) in [6.45, 7) is 4.85. The SMILES string of the molecule is COc1ccc(-c2ccc(CNC(C)C)c(Cl)c2)c(F)c1. The number of hydrogen-bond acceptors (Lipinski definition) is 2. The highest BCUT2D eigenvalue weighted by molar-refractivity contribution is 6.31. The summed E-state index contributed by atoms with van der Waals surface area (Å²) in [5.41, 5.74) is 2.28. The number of hydrogen-bond donors (Lipinski definition) is 1. The minimum Gasteiger partial charge on any atom is -0.497 e. The van der Waals surface area contributed by atoms with Crippen molar-refractivity contribution in [1.82, 2.24) is 5.32 Å². The molecule has 2 aromatic rings. The maximum atomic E-state index is 14.1. The molecule has 21 heavy (non-hydrogen) atoms. The molecule has 2 rings (SSSR count). The molecule has 0 saturated carbocycles. The maximum absolute atomic E-state index is 14.1. The van der Waals surface area contributed by atoms with Gasteiger partial charge in [0, 0.05) is 29.2 Å². The van der Waals surface area contributed by atoms with Crippen LogP contribution in [0.5, 0.6) is 5.75 Å². The van der Waals surface area contributed by atoms with Gasteiger partial charge >= 0.3 is 0 Å². The predicted octanol–water partition coefficient (Wildman–Crippen LogP) is 4.65. The van der Waals surface area contributed by atoms with Crippen molar-refractivity contribution in [3.63, 3.8) is 0 Å². The lowest BCUT2D eigenvalue weighted by molar-refractivity contribution is 0.411. The third-order valence-corrected chi connectivity index (χ3v) is 3.59. The number of benzene rings is 2. The van der Waals surface area contributed by atoms with Gasteiger partial charge in [0.1, 0.15) is 11.6 Å². The topological polar surface area (TPSA) is 21.3 Å². The molecule has 0 aliphatic carbocycles. The van der Waals surface area contributed by atoms with E-state index in [-0.39, 0.29) is 5.82 Å². The van der Waals surface area contributed by atoms with Crippen LogP contribution in [-0.4, -0.2) is 13.2 Å². The minimum absolute atomic E-state index is 0.321. The predicted molar refractivity (Wildman–Crippen MR) is 85.4 cm³/mol. The Kier molecular flexibility index (Phi) is 5.21. The van der Waals surface area contributed by atoms with Crippen LogP contribution >= 0.6 is 11.6 Å². The van der Waals surface area contributed by atoms with Crippen LogP contribution in [0.15, 0.2) is 36.4 Å². The van der Waals surface area contributed by atoms with Crippen LogP contribution in [0.4, 0.5) is 4.39 Å². The van der Waals surface area contributed by atoms with Crippen LogP contribution in [0, 0.1) is 5.82 Å². The Hall–Kier alpha value is -1.58. The van der Waals surface area contributed by atoms with E-state index in [1.54, 1.807) is 18.2 Å². The van der Waals surface area contributed by atoms with Gasteiger partial charge in [0.2, 0.25) is 0 Å². The molecule has 0 aliphatic rings. The van der Waals surface area contributed by atoms with Crippen molar-refractivity contribution in [1.29, 1.82) is 0 Å². The zero-order chi connectivity index (χ0) is 15.4. The van der Waals surface area contributed by atoms with Crippen molar-refractivity contribution in [3.05, 3.63) is 52.8 Å². The van der Waals surface area contributed by atoms with Crippen LogP contribution in [0.1, 0.15) is 19.4 Å². The largest absolute Gasteiger partial charge is 0.497 e. The standard InChI is InChI=1S/C17H19ClFNO/c1-11(2)20-10-13-5-4-12(8-16(13)18)15-7-6-14(21-3)9-17(15)19/h4-9,11,20H,10H2,1-3H3. The Morgan fingerprint density at radius 2 is 1.95 bits per heavy atom. The molecular formula is C17H19ClFNO. The number of halogens is 2. The molecule has 0 heterocycles. The molecular weight excluding hydrogens is 289 g/mol. The molecule has 4 heteroatoms. The lowest BCUT2D eigenvalue weighted by Crippen LogP contribution is -2.21. The van der Waals surface area contributed by atoms with E-state index < -0.39 is 0 Å². The second-order valence-electron chi connectivity index (χ2n) is 5.19. The minimum atomic E-state index is -0.321. The molecule has 0 spiro atoms. The van der Waals surface area contributed by atoms with E-state index in [9.17, 15) is 4.39 Å². The summed E-state index contributed by atoms with van der Waals surface area (Å²) in [5.74, 6) is 0.179. The van der Waals surface area contributed by atoms with Crippen LogP contribution in [-0.2, 0) is 6.54 Å². The van der Waals surface area contributed by atoms with E-state index in [0.29, 0.717) is 28.9 Å². The van der Waals surface area contributed by atoms with Crippen molar-refractivity contribution >= 4 is 11.6 Å². The second kappa shape index (κ2) is 6.92. The molecule has 2 aromatic carbocycles. The molecule has 0 aromatic heterocycles. The summed E-state index contributed by atoms with van der Waals surface area (Å²) >= 11 is 6.29. The Labute approximate surface area is 129 Å². The normalized spacial score (nSPS) is 11.0. The van der Waals surface area contributed by atoms with Gasteiger partial charge in [-0.05, 0) is 29.3 Å². The zero-order valence-electron chi connectivity index (χ0n) is 12.4. The summed E-state index contributed by atoms with van der Waals surface area (Å²) in [6, 6.07) is 10.8. The fourth-order valence-electron chi connectivity index (χ4n) is 2.03. The molecule has 0 unspecified atom stereocenters. The van der Waals surface area contributed by atoms with E-state index in [0.717, 1.165) is 11.1 Å². The summed E-state index contributed by atoms with van der Waals surface area (Å²) in [4.78, 5) is 0. The number of methoxy groups -OCH3 is 1. The van der Waals surface area contributed by atoms with Gasteiger partial charge in [-0.3, -0.25) is 0 Å². The average molecular weight is 308 g/mol. The Morgan fingerprint density at radius 3 is 2.52 bits per heavy atom. The molecule has 112 valence electrons. The molecule has 1 N–H and O–H groups in total. The van der Waals surface area contributed by atoms with Crippen molar-refractivity contribution in [2.45, 2.75) is 26.4 Å². The summed E-state index contributed by atoms with van der Waals surface area (Å²) in [6.07, 6.45) is 0. The van der Waals surface area contributed by atoms with Crippen molar-refractivity contribution in [3.8, 4) is 16.9 Å². The van der Waals surface area contributed by atoms with E-state index in [4.69, 9.17) is 16.3 Å². The molecule has 0 amide bonds. The van der Waals surface area contributed by atoms with E-state index in [1.807, 2.05) is 12.1 Å². The van der Waals surface area contributed by atoms with Crippen LogP contribution in [0.3, 0.4) is 0 Å². The first kappa shape index (κ1) is 15.8. The zero-order valence-corrected chi connectivity index (χ0v) is 13.2. The lowest BCUT2D eigenvalue weighted by Gasteiger charge is -2.11. The molecule has 0 atom stereocenters. The first-order valence-corrected chi connectivity index (χ1v) is 7.24. The van der Waals surface area contributed by atoms with Gasteiger partial charge in [-0.15, -0.1) is 0 Å². The van der Waals surface area contributed by atoms with Crippen LogP contribution in [0.2, 0.25) is 5.02 Å². The van der Waals surface area contributed by atoms with Gasteiger partial charge in [-0.1, -0.05) is 37.6 Å². The van der Waals surface area contributed by atoms with Crippen molar-refractivity contribution in [2.24, 2.45) is 0 Å². The molecule has 0 saturated heterocycles. The van der Waals surface area contributed by atoms with Gasteiger partial charge in [-0.25, -0.2) is 4.39 Å². The third-order valence-electron chi connectivity index (χ3n) is 3.24. The maximum Gasteiger partial charge on any atom is 0.134 e. The summed E-state index contributed by atoms with van der Waals surface area (Å²) in [7, 11) is 1.52.